The van der Waals surface area contributed by atoms with Gasteiger partial charge in [-0.05, 0) is 39.3 Å². The van der Waals surface area contributed by atoms with Gasteiger partial charge < -0.3 is 20.0 Å². The van der Waals surface area contributed by atoms with Crippen molar-refractivity contribution in [3.8, 4) is 0 Å². The molecule has 1 atom stereocenters. The number of rotatable bonds is 5. The van der Waals surface area contributed by atoms with E-state index >= 15 is 0 Å². The van der Waals surface area contributed by atoms with Crippen LogP contribution in [-0.4, -0.2) is 121 Å². The summed E-state index contributed by atoms with van der Waals surface area (Å²) in [5.41, 5.74) is 0. The van der Waals surface area contributed by atoms with Gasteiger partial charge in [-0.15, -0.1) is 0 Å². The summed E-state index contributed by atoms with van der Waals surface area (Å²) in [6, 6.07) is 0.617. The number of nitrogens with zero attached hydrogens (tertiary/aromatic N) is 4. The number of hydrogen-bond acceptors (Lipinski definition) is 6. The molecule has 0 aromatic rings. The largest absolute Gasteiger partial charge is 0.483 e. The quantitative estimate of drug-likeness (QED) is 0.622. The van der Waals surface area contributed by atoms with Gasteiger partial charge in [0.1, 0.15) is 0 Å². The van der Waals surface area contributed by atoms with Gasteiger partial charge in [0.2, 0.25) is 5.91 Å². The highest BCUT2D eigenvalue weighted by atomic mass is 16.3. The minimum absolute atomic E-state index is 0.250. The van der Waals surface area contributed by atoms with Crippen molar-refractivity contribution in [2.75, 3.05) is 66.5 Å². The number of likely N-dealkylation sites (N-methyl/N-ethyl adjacent to an activating group) is 1. The van der Waals surface area contributed by atoms with Gasteiger partial charge >= 0.3 is 0 Å². The summed E-state index contributed by atoms with van der Waals surface area (Å²) in [6.45, 7) is 7.49. The summed E-state index contributed by atoms with van der Waals surface area (Å²) in [4.78, 5) is 38.5. The summed E-state index contributed by atoms with van der Waals surface area (Å²) < 4.78 is 0. The zero-order valence-electron chi connectivity index (χ0n) is 17.9. The molecule has 1 unspecified atom stereocenters. The fourth-order valence-corrected chi connectivity index (χ4v) is 4.41. The van der Waals surface area contributed by atoms with Gasteiger partial charge in [0.05, 0.1) is 6.54 Å². The van der Waals surface area contributed by atoms with Crippen LogP contribution in [0.15, 0.2) is 0 Å². The molecule has 9 heteroatoms. The SMILES string of the molecule is CN(C)C1CCN(CC(=O)N2CCN(CC3CCCC3)CC2)C1.O=CO.O=CO. The summed E-state index contributed by atoms with van der Waals surface area (Å²) in [5, 5.41) is 13.8. The van der Waals surface area contributed by atoms with E-state index in [0.29, 0.717) is 18.5 Å². The number of piperazine rings is 1. The average Bonchev–Trinajstić information content (AvgIpc) is 3.36. The zero-order valence-corrected chi connectivity index (χ0v) is 17.9. The summed E-state index contributed by atoms with van der Waals surface area (Å²) >= 11 is 0. The Hall–Kier alpha value is -1.71. The van der Waals surface area contributed by atoms with E-state index in [-0.39, 0.29) is 12.9 Å². The molecule has 0 aromatic heterocycles. The van der Waals surface area contributed by atoms with Crippen molar-refractivity contribution >= 4 is 18.9 Å². The smallest absolute Gasteiger partial charge is 0.290 e. The van der Waals surface area contributed by atoms with E-state index in [2.05, 4.69) is 33.7 Å². The summed E-state index contributed by atoms with van der Waals surface area (Å²) in [5.74, 6) is 1.26. The fourth-order valence-electron chi connectivity index (χ4n) is 4.41. The number of hydrogen-bond donors (Lipinski definition) is 2. The summed E-state index contributed by atoms with van der Waals surface area (Å²) in [6.07, 6.45) is 6.87. The number of likely N-dealkylation sites (tertiary alicyclic amines) is 1. The second-order valence-electron chi connectivity index (χ2n) is 8.18. The monoisotopic (exact) mass is 414 g/mol. The van der Waals surface area contributed by atoms with E-state index in [1.54, 1.807) is 0 Å². The van der Waals surface area contributed by atoms with E-state index in [4.69, 9.17) is 19.8 Å². The van der Waals surface area contributed by atoms with Gasteiger partial charge in [-0.3, -0.25) is 24.2 Å². The molecule has 2 N–H and O–H groups in total. The maximum atomic E-state index is 12.5. The number of carbonyl (C=O) groups is 3. The Morgan fingerprint density at radius 3 is 1.97 bits per heavy atom. The lowest BCUT2D eigenvalue weighted by Gasteiger charge is -2.36. The third-order valence-corrected chi connectivity index (χ3v) is 6.05. The number of amides is 1. The Labute approximate surface area is 174 Å². The van der Waals surface area contributed by atoms with E-state index in [0.717, 1.165) is 45.2 Å². The molecule has 3 rings (SSSR count). The van der Waals surface area contributed by atoms with E-state index in [1.807, 2.05) is 0 Å². The lowest BCUT2D eigenvalue weighted by molar-refractivity contribution is -0.134. The number of carbonyl (C=O) groups excluding carboxylic acids is 1. The summed E-state index contributed by atoms with van der Waals surface area (Å²) in [7, 11) is 4.28. The topological polar surface area (TPSA) is 105 Å². The van der Waals surface area contributed by atoms with Crippen molar-refractivity contribution in [3.05, 3.63) is 0 Å². The van der Waals surface area contributed by atoms with Crippen LogP contribution in [0.25, 0.3) is 0 Å². The first-order chi connectivity index (χ1) is 13.9. The predicted octanol–water partition coefficient (Wildman–Crippen LogP) is 0.358. The van der Waals surface area contributed by atoms with Crippen LogP contribution in [0.4, 0.5) is 0 Å². The molecule has 1 amide bonds. The Kier molecular flexibility index (Phi) is 12.5. The van der Waals surface area contributed by atoms with Crippen LogP contribution in [0, 0.1) is 5.92 Å². The van der Waals surface area contributed by atoms with Gasteiger partial charge in [0.15, 0.2) is 0 Å². The van der Waals surface area contributed by atoms with Crippen LogP contribution in [0.1, 0.15) is 32.1 Å². The lowest BCUT2D eigenvalue weighted by Crippen LogP contribution is -2.51. The third kappa shape index (κ3) is 9.56. The molecule has 9 nitrogen and oxygen atoms in total. The highest BCUT2D eigenvalue weighted by molar-refractivity contribution is 5.78. The molecule has 0 bridgehead atoms. The van der Waals surface area contributed by atoms with Crippen molar-refractivity contribution in [1.82, 2.24) is 19.6 Å². The zero-order chi connectivity index (χ0) is 21.6. The Morgan fingerprint density at radius 2 is 1.48 bits per heavy atom. The van der Waals surface area contributed by atoms with Crippen molar-refractivity contribution in [1.29, 1.82) is 0 Å². The molecule has 3 aliphatic rings. The highest BCUT2D eigenvalue weighted by Gasteiger charge is 2.28. The van der Waals surface area contributed by atoms with Gasteiger partial charge in [-0.2, -0.15) is 0 Å². The molecule has 1 aliphatic carbocycles. The van der Waals surface area contributed by atoms with Crippen molar-refractivity contribution in [2.45, 2.75) is 38.1 Å². The fraction of sp³-hybridized carbons (Fsp3) is 0.850. The Balaban J connectivity index is 0.000000626. The first-order valence-electron chi connectivity index (χ1n) is 10.5. The molecular formula is C20H38N4O5. The maximum absolute atomic E-state index is 12.5. The molecule has 2 heterocycles. The predicted molar refractivity (Wildman–Crippen MR) is 111 cm³/mol. The standard InChI is InChI=1S/C18H34N4O.2CH2O2/c1-19(2)17-7-8-21(14-17)15-18(23)22-11-9-20(10-12-22)13-16-5-3-4-6-16;2*2-1-3/h16-17H,3-15H2,1-2H3;2*1H,(H,2,3). The van der Waals surface area contributed by atoms with Crippen LogP contribution in [0.5, 0.6) is 0 Å². The highest BCUT2D eigenvalue weighted by Crippen LogP contribution is 2.25. The van der Waals surface area contributed by atoms with Crippen LogP contribution < -0.4 is 0 Å². The van der Waals surface area contributed by atoms with Crippen LogP contribution in [-0.2, 0) is 14.4 Å². The van der Waals surface area contributed by atoms with E-state index in [9.17, 15) is 4.79 Å². The van der Waals surface area contributed by atoms with Gasteiger partial charge in [0.25, 0.3) is 12.9 Å². The van der Waals surface area contributed by atoms with Crippen LogP contribution in [0.2, 0.25) is 0 Å². The van der Waals surface area contributed by atoms with Crippen molar-refractivity contribution < 1.29 is 24.6 Å². The lowest BCUT2D eigenvalue weighted by atomic mass is 10.1. The first-order valence-corrected chi connectivity index (χ1v) is 10.5. The van der Waals surface area contributed by atoms with E-state index in [1.165, 1.54) is 38.6 Å². The van der Waals surface area contributed by atoms with Gasteiger partial charge in [-0.1, -0.05) is 12.8 Å². The normalized spacial score (nSPS) is 23.1. The molecule has 1 saturated carbocycles. The molecule has 2 aliphatic heterocycles. The first kappa shape index (κ1) is 25.3. The van der Waals surface area contributed by atoms with E-state index < -0.39 is 0 Å². The van der Waals surface area contributed by atoms with Gasteiger partial charge in [-0.25, -0.2) is 0 Å². The Morgan fingerprint density at radius 1 is 0.931 bits per heavy atom. The minimum Gasteiger partial charge on any atom is -0.483 e. The Bertz CT molecular complexity index is 471. The minimum atomic E-state index is -0.250. The van der Waals surface area contributed by atoms with Crippen LogP contribution >= 0.6 is 0 Å². The molecule has 29 heavy (non-hydrogen) atoms. The third-order valence-electron chi connectivity index (χ3n) is 6.05. The van der Waals surface area contributed by atoms with Crippen molar-refractivity contribution in [2.24, 2.45) is 5.92 Å². The maximum Gasteiger partial charge on any atom is 0.290 e. The molecule has 0 spiro atoms. The average molecular weight is 415 g/mol. The molecular weight excluding hydrogens is 376 g/mol. The molecule has 0 aromatic carbocycles. The van der Waals surface area contributed by atoms with Crippen LogP contribution in [0.3, 0.4) is 0 Å². The van der Waals surface area contributed by atoms with Crippen molar-refractivity contribution in [3.63, 3.8) is 0 Å². The molecule has 168 valence electrons. The second-order valence-corrected chi connectivity index (χ2v) is 8.18. The second kappa shape index (κ2) is 14.3. The molecule has 2 saturated heterocycles. The number of carboxylic acid groups (broad SMARTS) is 2. The molecule has 0 radical (unpaired) electrons. The molecule has 3 fully saturated rings. The van der Waals surface area contributed by atoms with Gasteiger partial charge in [0, 0.05) is 51.9 Å².